The summed E-state index contributed by atoms with van der Waals surface area (Å²) in [7, 11) is 0. The Balaban J connectivity index is 1.80. The van der Waals surface area contributed by atoms with Crippen LogP contribution in [0.25, 0.3) is 0 Å². The molecule has 0 radical (unpaired) electrons. The summed E-state index contributed by atoms with van der Waals surface area (Å²) in [6.07, 6.45) is 2.56. The van der Waals surface area contributed by atoms with Crippen molar-refractivity contribution in [3.63, 3.8) is 0 Å². The molecule has 1 aliphatic heterocycles. The van der Waals surface area contributed by atoms with Crippen molar-refractivity contribution in [1.82, 2.24) is 20.4 Å². The van der Waals surface area contributed by atoms with Gasteiger partial charge in [-0.05, 0) is 59.5 Å². The largest absolute Gasteiger partial charge is 0.338 e. The first-order valence-corrected chi connectivity index (χ1v) is 7.19. The quantitative estimate of drug-likeness (QED) is 0.903. The number of hydrogen-bond acceptors (Lipinski definition) is 5. The van der Waals surface area contributed by atoms with Gasteiger partial charge in [0.1, 0.15) is 0 Å². The van der Waals surface area contributed by atoms with Crippen LogP contribution in [0.3, 0.4) is 0 Å². The smallest absolute Gasteiger partial charge is 0.240 e. The molecule has 5 heteroatoms. The summed E-state index contributed by atoms with van der Waals surface area (Å²) in [5.41, 5.74) is 0.200. The molecule has 19 heavy (non-hydrogen) atoms. The van der Waals surface area contributed by atoms with Crippen LogP contribution < -0.4 is 5.32 Å². The predicted molar refractivity (Wildman–Crippen MR) is 74.8 cm³/mol. The highest BCUT2D eigenvalue weighted by molar-refractivity contribution is 4.85. The van der Waals surface area contributed by atoms with Gasteiger partial charge >= 0.3 is 0 Å². The normalized spacial score (nSPS) is 21.8. The van der Waals surface area contributed by atoms with E-state index in [-0.39, 0.29) is 5.54 Å². The van der Waals surface area contributed by atoms with E-state index in [9.17, 15) is 0 Å². The zero-order valence-electron chi connectivity index (χ0n) is 12.6. The molecule has 2 rings (SSSR count). The number of hydrogen-bond donors (Lipinski definition) is 1. The molecule has 5 nitrogen and oxygen atoms in total. The third kappa shape index (κ3) is 4.91. The van der Waals surface area contributed by atoms with Crippen molar-refractivity contribution in [3.8, 4) is 0 Å². The summed E-state index contributed by atoms with van der Waals surface area (Å²) in [5, 5.41) is 7.45. The first-order chi connectivity index (χ1) is 8.92. The molecule has 2 heterocycles. The molecule has 0 bridgehead atoms. The molecule has 1 aromatic rings. The van der Waals surface area contributed by atoms with Crippen molar-refractivity contribution in [2.75, 3.05) is 19.6 Å². The van der Waals surface area contributed by atoms with E-state index >= 15 is 0 Å². The van der Waals surface area contributed by atoms with Gasteiger partial charge in [-0.2, -0.15) is 4.98 Å². The Labute approximate surface area is 115 Å². The Hall–Kier alpha value is -0.940. The highest BCUT2D eigenvalue weighted by atomic mass is 16.5. The van der Waals surface area contributed by atoms with Gasteiger partial charge in [-0.25, -0.2) is 0 Å². The maximum Gasteiger partial charge on any atom is 0.240 e. The molecule has 0 saturated carbocycles. The van der Waals surface area contributed by atoms with Gasteiger partial charge in [0.25, 0.3) is 0 Å². The van der Waals surface area contributed by atoms with Crippen LogP contribution >= 0.6 is 0 Å². The van der Waals surface area contributed by atoms with Crippen LogP contribution in [0.5, 0.6) is 0 Å². The summed E-state index contributed by atoms with van der Waals surface area (Å²) in [4.78, 5) is 6.70. The minimum absolute atomic E-state index is 0.200. The van der Waals surface area contributed by atoms with Crippen molar-refractivity contribution in [3.05, 3.63) is 11.7 Å². The second kappa shape index (κ2) is 6.01. The molecule has 0 aromatic carbocycles. The second-order valence-electron chi connectivity index (χ2n) is 6.61. The maximum atomic E-state index is 5.20. The maximum absolute atomic E-state index is 5.20. The highest BCUT2D eigenvalue weighted by Crippen LogP contribution is 2.18. The second-order valence-corrected chi connectivity index (χ2v) is 6.61. The zero-order valence-corrected chi connectivity index (χ0v) is 12.6. The van der Waals surface area contributed by atoms with Crippen LogP contribution in [-0.4, -0.2) is 40.2 Å². The number of nitrogens with zero attached hydrogens (tertiary/aromatic N) is 3. The number of aromatic nitrogens is 2. The van der Waals surface area contributed by atoms with Gasteiger partial charge in [0.05, 0.1) is 6.54 Å². The molecule has 1 aromatic heterocycles. The van der Waals surface area contributed by atoms with Crippen molar-refractivity contribution >= 4 is 0 Å². The van der Waals surface area contributed by atoms with E-state index in [1.54, 1.807) is 0 Å². The fraction of sp³-hybridized carbons (Fsp3) is 0.857. The molecule has 0 aliphatic carbocycles. The lowest BCUT2D eigenvalue weighted by molar-refractivity contribution is 0.144. The van der Waals surface area contributed by atoms with E-state index in [2.05, 4.69) is 41.1 Å². The topological polar surface area (TPSA) is 54.2 Å². The van der Waals surface area contributed by atoms with E-state index in [1.807, 2.05) is 6.92 Å². The molecular weight excluding hydrogens is 240 g/mol. The van der Waals surface area contributed by atoms with Gasteiger partial charge in [-0.3, -0.25) is 4.90 Å². The third-order valence-corrected chi connectivity index (χ3v) is 3.45. The van der Waals surface area contributed by atoms with Crippen molar-refractivity contribution in [2.45, 2.75) is 52.6 Å². The molecule has 1 atom stereocenters. The van der Waals surface area contributed by atoms with Gasteiger partial charge in [0.15, 0.2) is 5.82 Å². The fourth-order valence-electron chi connectivity index (χ4n) is 2.51. The lowest BCUT2D eigenvalue weighted by Gasteiger charge is -2.33. The van der Waals surface area contributed by atoms with Crippen LogP contribution in [-0.2, 0) is 6.54 Å². The average molecular weight is 266 g/mol. The third-order valence-electron chi connectivity index (χ3n) is 3.45. The van der Waals surface area contributed by atoms with Crippen LogP contribution in [0.1, 0.15) is 45.3 Å². The van der Waals surface area contributed by atoms with Gasteiger partial charge in [0, 0.05) is 12.1 Å². The van der Waals surface area contributed by atoms with E-state index in [0.717, 1.165) is 43.8 Å². The summed E-state index contributed by atoms with van der Waals surface area (Å²) < 4.78 is 5.20. The van der Waals surface area contributed by atoms with E-state index in [1.165, 1.54) is 12.8 Å². The molecule has 0 amide bonds. The zero-order chi connectivity index (χ0) is 13.9. The average Bonchev–Trinajstić information content (AvgIpc) is 2.72. The summed E-state index contributed by atoms with van der Waals surface area (Å²) in [6, 6.07) is 0. The number of nitrogens with one attached hydrogen (secondary N) is 1. The Kier molecular flexibility index (Phi) is 4.58. The molecule has 0 spiro atoms. The molecule has 108 valence electrons. The first-order valence-electron chi connectivity index (χ1n) is 7.19. The van der Waals surface area contributed by atoms with Crippen LogP contribution in [0, 0.1) is 12.8 Å². The SMILES string of the molecule is Cc1noc(CN2CCCC(CNC(C)(C)C)C2)n1. The Morgan fingerprint density at radius 3 is 2.84 bits per heavy atom. The van der Waals surface area contributed by atoms with Crippen molar-refractivity contribution in [1.29, 1.82) is 0 Å². The van der Waals surface area contributed by atoms with Gasteiger partial charge in [-0.1, -0.05) is 5.16 Å². The Bertz CT molecular complexity index is 396. The molecule has 1 fully saturated rings. The van der Waals surface area contributed by atoms with Crippen LogP contribution in [0.4, 0.5) is 0 Å². The highest BCUT2D eigenvalue weighted by Gasteiger charge is 2.22. The van der Waals surface area contributed by atoms with Crippen LogP contribution in [0.15, 0.2) is 4.52 Å². The summed E-state index contributed by atoms with van der Waals surface area (Å²) >= 11 is 0. The summed E-state index contributed by atoms with van der Waals surface area (Å²) in [5.74, 6) is 2.18. The number of piperidine rings is 1. The first kappa shape index (κ1) is 14.5. The lowest BCUT2D eigenvalue weighted by Crippen LogP contribution is -2.44. The number of rotatable bonds is 4. The lowest BCUT2D eigenvalue weighted by atomic mass is 9.96. The minimum Gasteiger partial charge on any atom is -0.338 e. The molecule has 1 N–H and O–H groups in total. The van der Waals surface area contributed by atoms with Crippen LogP contribution in [0.2, 0.25) is 0 Å². The van der Waals surface area contributed by atoms with E-state index in [0.29, 0.717) is 0 Å². The fourth-order valence-corrected chi connectivity index (χ4v) is 2.51. The molecule has 1 unspecified atom stereocenters. The van der Waals surface area contributed by atoms with E-state index in [4.69, 9.17) is 4.52 Å². The molecule has 1 aliphatic rings. The summed E-state index contributed by atoms with van der Waals surface area (Å²) in [6.45, 7) is 12.6. The Morgan fingerprint density at radius 1 is 1.42 bits per heavy atom. The molecule has 1 saturated heterocycles. The van der Waals surface area contributed by atoms with Gasteiger partial charge < -0.3 is 9.84 Å². The number of aryl methyl sites for hydroxylation is 1. The monoisotopic (exact) mass is 266 g/mol. The predicted octanol–water partition coefficient (Wildman–Crippen LogP) is 1.98. The van der Waals surface area contributed by atoms with Gasteiger partial charge in [-0.15, -0.1) is 0 Å². The van der Waals surface area contributed by atoms with Crippen molar-refractivity contribution in [2.24, 2.45) is 5.92 Å². The van der Waals surface area contributed by atoms with Gasteiger partial charge in [0.2, 0.25) is 5.89 Å². The van der Waals surface area contributed by atoms with E-state index < -0.39 is 0 Å². The minimum atomic E-state index is 0.200. The Morgan fingerprint density at radius 2 is 2.21 bits per heavy atom. The molecular formula is C14H26N4O. The standard InChI is InChI=1S/C14H26N4O/c1-11-16-13(19-17-11)10-18-7-5-6-12(9-18)8-15-14(2,3)4/h12,15H,5-10H2,1-4H3. The van der Waals surface area contributed by atoms with Crippen molar-refractivity contribution < 1.29 is 4.52 Å². The number of likely N-dealkylation sites (tertiary alicyclic amines) is 1.